The molecule has 2 heterocycles. The summed E-state index contributed by atoms with van der Waals surface area (Å²) in [6.45, 7) is 6.22. The molecule has 37 heavy (non-hydrogen) atoms. The Hall–Kier alpha value is -2.48. The molecule has 1 unspecified atom stereocenters. The van der Waals surface area contributed by atoms with Crippen molar-refractivity contribution >= 4 is 11.7 Å². The molecule has 2 N–H and O–H groups in total. The number of anilines is 1. The van der Waals surface area contributed by atoms with Crippen LogP contribution in [0, 0.1) is 5.92 Å². The second kappa shape index (κ2) is 17.1. The highest BCUT2D eigenvalue weighted by Gasteiger charge is 2.25. The van der Waals surface area contributed by atoms with Gasteiger partial charge in [0.25, 0.3) is 0 Å². The number of rotatable bonds is 18. The fourth-order valence-electron chi connectivity index (χ4n) is 5.08. The third-order valence-electron chi connectivity index (χ3n) is 7.19. The van der Waals surface area contributed by atoms with Crippen LogP contribution in [0.1, 0.15) is 103 Å². The van der Waals surface area contributed by atoms with Gasteiger partial charge in [0.2, 0.25) is 11.9 Å². The second-order valence-electron chi connectivity index (χ2n) is 10.3. The predicted octanol–water partition coefficient (Wildman–Crippen LogP) is 5.86. The molecule has 1 amide bonds. The number of carbonyl (C=O) groups excluding carboxylic acids is 1. The number of carbonyl (C=O) groups is 1. The minimum atomic E-state index is -0.317. The van der Waals surface area contributed by atoms with E-state index in [1.807, 2.05) is 23.8 Å². The number of unbranched alkanes of at least 4 members (excludes halogenated alkanes) is 5. The van der Waals surface area contributed by atoms with Crippen LogP contribution >= 0.6 is 0 Å². The minimum absolute atomic E-state index is 0.0438. The summed E-state index contributed by atoms with van der Waals surface area (Å²) >= 11 is 0. The highest BCUT2D eigenvalue weighted by Crippen LogP contribution is 2.28. The monoisotopic (exact) mass is 512 g/mol. The lowest BCUT2D eigenvalue weighted by Gasteiger charge is -2.27. The summed E-state index contributed by atoms with van der Waals surface area (Å²) in [4.78, 5) is 27.0. The van der Waals surface area contributed by atoms with Crippen molar-refractivity contribution in [3.05, 3.63) is 30.5 Å². The molecule has 1 atom stereocenters. The Balaban J connectivity index is 1.70. The van der Waals surface area contributed by atoms with Crippen LogP contribution in [0.3, 0.4) is 0 Å². The SMILES string of the molecule is CCCCCCCCc1cc(NC(CC2CCCCC2)C(=O)NCCCOCC)nc(-n2ccnc2)n1. The Morgan fingerprint density at radius 3 is 2.65 bits per heavy atom. The standard InChI is InChI=1S/C29H48N6O2/c1-3-5-6-7-8-12-16-25-22-27(34-29(32-25)35-19-18-30-23-35)33-26(21-24-14-10-9-11-15-24)28(36)31-17-13-20-37-4-2/h18-19,22-24,26H,3-17,20-21H2,1-2H3,(H,31,36)(H,32,33,34). The smallest absolute Gasteiger partial charge is 0.242 e. The van der Waals surface area contributed by atoms with Crippen LogP contribution < -0.4 is 10.6 Å². The minimum Gasteiger partial charge on any atom is -0.382 e. The van der Waals surface area contributed by atoms with E-state index in [2.05, 4.69) is 22.5 Å². The summed E-state index contributed by atoms with van der Waals surface area (Å²) in [6.07, 6.45) is 21.5. The molecular formula is C29H48N6O2. The number of imidazole rings is 1. The fourth-order valence-corrected chi connectivity index (χ4v) is 5.08. The van der Waals surface area contributed by atoms with Crippen LogP contribution in [0.2, 0.25) is 0 Å². The van der Waals surface area contributed by atoms with Gasteiger partial charge < -0.3 is 15.4 Å². The zero-order valence-corrected chi connectivity index (χ0v) is 23.1. The molecule has 0 aromatic carbocycles. The number of hydrogen-bond acceptors (Lipinski definition) is 6. The molecule has 1 saturated carbocycles. The lowest BCUT2D eigenvalue weighted by molar-refractivity contribution is -0.122. The average molecular weight is 513 g/mol. The molecule has 1 aliphatic rings. The maximum Gasteiger partial charge on any atom is 0.242 e. The van der Waals surface area contributed by atoms with Gasteiger partial charge in [-0.25, -0.2) is 9.97 Å². The largest absolute Gasteiger partial charge is 0.382 e. The third-order valence-corrected chi connectivity index (χ3v) is 7.19. The zero-order chi connectivity index (χ0) is 26.1. The maximum atomic E-state index is 13.3. The van der Waals surface area contributed by atoms with Gasteiger partial charge in [-0.1, -0.05) is 71.1 Å². The van der Waals surface area contributed by atoms with Crippen molar-refractivity contribution in [1.82, 2.24) is 24.8 Å². The Bertz CT molecular complexity index is 883. The van der Waals surface area contributed by atoms with Gasteiger partial charge in [0.1, 0.15) is 18.2 Å². The Labute approximate surface area is 223 Å². The molecular weight excluding hydrogens is 464 g/mol. The zero-order valence-electron chi connectivity index (χ0n) is 23.1. The molecule has 1 fully saturated rings. The van der Waals surface area contributed by atoms with Gasteiger partial charge in [-0.15, -0.1) is 0 Å². The molecule has 206 valence electrons. The lowest BCUT2D eigenvalue weighted by atomic mass is 9.84. The molecule has 8 nitrogen and oxygen atoms in total. The van der Waals surface area contributed by atoms with Crippen LogP contribution in [0.25, 0.3) is 5.95 Å². The van der Waals surface area contributed by atoms with E-state index in [4.69, 9.17) is 14.7 Å². The molecule has 2 aromatic rings. The summed E-state index contributed by atoms with van der Waals surface area (Å²) in [5.41, 5.74) is 1.00. The highest BCUT2D eigenvalue weighted by atomic mass is 16.5. The third kappa shape index (κ3) is 10.8. The van der Waals surface area contributed by atoms with E-state index in [0.29, 0.717) is 37.4 Å². The fraction of sp³-hybridized carbons (Fsp3) is 0.724. The molecule has 2 aromatic heterocycles. The molecule has 0 aliphatic heterocycles. The van der Waals surface area contributed by atoms with Crippen LogP contribution in [0.4, 0.5) is 5.82 Å². The summed E-state index contributed by atoms with van der Waals surface area (Å²) in [5, 5.41) is 6.64. The average Bonchev–Trinajstić information content (AvgIpc) is 3.46. The summed E-state index contributed by atoms with van der Waals surface area (Å²) in [5.74, 6) is 1.92. The first kappa shape index (κ1) is 29.1. The van der Waals surface area contributed by atoms with Crippen LogP contribution in [0.5, 0.6) is 0 Å². The summed E-state index contributed by atoms with van der Waals surface area (Å²) in [6, 6.07) is 1.71. The second-order valence-corrected chi connectivity index (χ2v) is 10.3. The summed E-state index contributed by atoms with van der Waals surface area (Å²) in [7, 11) is 0. The van der Waals surface area contributed by atoms with E-state index in [-0.39, 0.29) is 11.9 Å². The van der Waals surface area contributed by atoms with Gasteiger partial charge in [-0.3, -0.25) is 9.36 Å². The number of hydrogen-bond donors (Lipinski definition) is 2. The number of aryl methyl sites for hydroxylation is 1. The Morgan fingerprint density at radius 1 is 1.08 bits per heavy atom. The topological polar surface area (TPSA) is 94.0 Å². The van der Waals surface area contributed by atoms with Gasteiger partial charge >= 0.3 is 0 Å². The number of amides is 1. The van der Waals surface area contributed by atoms with Gasteiger partial charge in [-0.2, -0.15) is 4.98 Å². The molecule has 0 spiro atoms. The van der Waals surface area contributed by atoms with Crippen molar-refractivity contribution in [2.24, 2.45) is 5.92 Å². The first-order chi connectivity index (χ1) is 18.2. The van der Waals surface area contributed by atoms with E-state index in [9.17, 15) is 4.79 Å². The van der Waals surface area contributed by atoms with Crippen LogP contribution in [-0.4, -0.2) is 51.2 Å². The molecule has 1 aliphatic carbocycles. The lowest BCUT2D eigenvalue weighted by Crippen LogP contribution is -2.42. The van der Waals surface area contributed by atoms with E-state index < -0.39 is 0 Å². The summed E-state index contributed by atoms with van der Waals surface area (Å²) < 4.78 is 7.26. The van der Waals surface area contributed by atoms with Crippen molar-refractivity contribution in [3.8, 4) is 5.95 Å². The number of aromatic nitrogens is 4. The van der Waals surface area contributed by atoms with Crippen molar-refractivity contribution in [3.63, 3.8) is 0 Å². The quantitative estimate of drug-likeness (QED) is 0.243. The molecule has 3 rings (SSSR count). The molecule has 0 radical (unpaired) electrons. The van der Waals surface area contributed by atoms with Crippen molar-refractivity contribution in [2.45, 2.75) is 110 Å². The molecule has 8 heteroatoms. The van der Waals surface area contributed by atoms with Crippen molar-refractivity contribution in [1.29, 1.82) is 0 Å². The van der Waals surface area contributed by atoms with E-state index in [0.717, 1.165) is 31.4 Å². The number of ether oxygens (including phenoxy) is 1. The van der Waals surface area contributed by atoms with Gasteiger partial charge in [0.05, 0.1) is 0 Å². The normalized spacial score (nSPS) is 15.0. The molecule has 0 bridgehead atoms. The highest BCUT2D eigenvalue weighted by molar-refractivity contribution is 5.84. The Kier molecular flexibility index (Phi) is 13.4. The Morgan fingerprint density at radius 2 is 1.89 bits per heavy atom. The number of nitrogens with zero attached hydrogens (tertiary/aromatic N) is 4. The first-order valence-electron chi connectivity index (χ1n) is 14.7. The van der Waals surface area contributed by atoms with Crippen LogP contribution in [-0.2, 0) is 16.0 Å². The number of nitrogens with one attached hydrogen (secondary N) is 2. The van der Waals surface area contributed by atoms with Gasteiger partial charge in [-0.05, 0) is 38.5 Å². The van der Waals surface area contributed by atoms with Gasteiger partial charge in [0.15, 0.2) is 0 Å². The first-order valence-corrected chi connectivity index (χ1v) is 14.7. The van der Waals surface area contributed by atoms with Crippen molar-refractivity contribution < 1.29 is 9.53 Å². The molecule has 0 saturated heterocycles. The van der Waals surface area contributed by atoms with E-state index >= 15 is 0 Å². The maximum absolute atomic E-state index is 13.3. The van der Waals surface area contributed by atoms with E-state index in [1.54, 1.807) is 12.5 Å². The van der Waals surface area contributed by atoms with Crippen LogP contribution in [0.15, 0.2) is 24.8 Å². The van der Waals surface area contributed by atoms with Gasteiger partial charge in [0, 0.05) is 43.9 Å². The van der Waals surface area contributed by atoms with E-state index in [1.165, 1.54) is 64.2 Å². The predicted molar refractivity (Wildman–Crippen MR) is 149 cm³/mol. The van der Waals surface area contributed by atoms with Crippen molar-refractivity contribution in [2.75, 3.05) is 25.1 Å².